The lowest BCUT2D eigenvalue weighted by Gasteiger charge is -2.08. The Kier molecular flexibility index (Phi) is 3.84. The second kappa shape index (κ2) is 5.38. The number of amides is 1. The topological polar surface area (TPSA) is 42.0 Å². The van der Waals surface area contributed by atoms with Gasteiger partial charge in [-0.05, 0) is 30.7 Å². The highest BCUT2D eigenvalue weighted by atomic mass is 35.5. The average Bonchev–Trinajstić information content (AvgIpc) is 2.35. The van der Waals surface area contributed by atoms with Crippen LogP contribution in [0.25, 0.3) is 0 Å². The van der Waals surface area contributed by atoms with Crippen molar-refractivity contribution < 1.29 is 4.79 Å². The Bertz CT molecular complexity index is 599. The summed E-state index contributed by atoms with van der Waals surface area (Å²) in [6.45, 7) is 1.84. The molecule has 0 aliphatic heterocycles. The Morgan fingerprint density at radius 1 is 1.22 bits per heavy atom. The Hall–Kier alpha value is -1.58. The number of hydrogen-bond donors (Lipinski definition) is 1. The molecule has 1 amide bonds. The van der Waals surface area contributed by atoms with Gasteiger partial charge in [-0.25, -0.2) is 4.98 Å². The van der Waals surface area contributed by atoms with Gasteiger partial charge in [0.2, 0.25) is 0 Å². The molecule has 3 nitrogen and oxygen atoms in total. The van der Waals surface area contributed by atoms with E-state index in [0.717, 1.165) is 5.56 Å². The van der Waals surface area contributed by atoms with Crippen molar-refractivity contribution >= 4 is 34.9 Å². The van der Waals surface area contributed by atoms with Gasteiger partial charge in [-0.15, -0.1) is 0 Å². The molecule has 0 fully saturated rings. The largest absolute Gasteiger partial charge is 0.305 e. The summed E-state index contributed by atoms with van der Waals surface area (Å²) in [5.41, 5.74) is 1.25. The van der Waals surface area contributed by atoms with Crippen LogP contribution in [0.15, 0.2) is 36.5 Å². The molecule has 1 aromatic carbocycles. The van der Waals surface area contributed by atoms with Crippen molar-refractivity contribution in [3.8, 4) is 0 Å². The molecule has 0 aliphatic carbocycles. The summed E-state index contributed by atoms with van der Waals surface area (Å²) in [4.78, 5) is 16.0. The van der Waals surface area contributed by atoms with Gasteiger partial charge in [0, 0.05) is 6.20 Å². The normalized spacial score (nSPS) is 10.2. The first kappa shape index (κ1) is 12.9. The van der Waals surface area contributed by atoms with E-state index in [1.54, 1.807) is 30.5 Å². The molecule has 2 aromatic rings. The van der Waals surface area contributed by atoms with Crippen LogP contribution in [0.4, 0.5) is 5.82 Å². The van der Waals surface area contributed by atoms with Crippen LogP contribution in [0.3, 0.4) is 0 Å². The highest BCUT2D eigenvalue weighted by molar-refractivity contribution is 6.36. The number of rotatable bonds is 2. The van der Waals surface area contributed by atoms with E-state index < -0.39 is 0 Å². The summed E-state index contributed by atoms with van der Waals surface area (Å²) in [7, 11) is 0. The lowest BCUT2D eigenvalue weighted by molar-refractivity contribution is 0.102. The van der Waals surface area contributed by atoms with Crippen LogP contribution >= 0.6 is 23.2 Å². The summed E-state index contributed by atoms with van der Waals surface area (Å²) < 4.78 is 0. The average molecular weight is 281 g/mol. The third-order valence-corrected chi connectivity index (χ3v) is 3.23. The fraction of sp³-hybridized carbons (Fsp3) is 0.0769. The zero-order chi connectivity index (χ0) is 13.1. The molecule has 5 heteroatoms. The zero-order valence-corrected chi connectivity index (χ0v) is 11.1. The quantitative estimate of drug-likeness (QED) is 0.905. The fourth-order valence-electron chi connectivity index (χ4n) is 1.48. The van der Waals surface area contributed by atoms with Gasteiger partial charge >= 0.3 is 0 Å². The van der Waals surface area contributed by atoms with Gasteiger partial charge < -0.3 is 5.32 Å². The predicted molar refractivity (Wildman–Crippen MR) is 73.4 cm³/mol. The van der Waals surface area contributed by atoms with Crippen LogP contribution in [-0.2, 0) is 0 Å². The van der Waals surface area contributed by atoms with Gasteiger partial charge in [0.05, 0.1) is 15.6 Å². The molecule has 2 rings (SSSR count). The van der Waals surface area contributed by atoms with Crippen molar-refractivity contribution in [3.63, 3.8) is 0 Å². The first-order valence-electron chi connectivity index (χ1n) is 5.26. The summed E-state index contributed by atoms with van der Waals surface area (Å²) in [5, 5.41) is 3.44. The second-order valence-electron chi connectivity index (χ2n) is 3.72. The van der Waals surface area contributed by atoms with Crippen LogP contribution in [-0.4, -0.2) is 10.9 Å². The Labute approximate surface area is 115 Å². The van der Waals surface area contributed by atoms with Crippen LogP contribution in [0.1, 0.15) is 15.9 Å². The minimum atomic E-state index is -0.329. The van der Waals surface area contributed by atoms with E-state index in [-0.39, 0.29) is 5.91 Å². The second-order valence-corrected chi connectivity index (χ2v) is 4.51. The number of anilines is 1. The smallest absolute Gasteiger partial charge is 0.258 e. The third kappa shape index (κ3) is 2.63. The standard InChI is InChI=1S/C13H10Cl2N2O/c1-8-4-2-5-9(11(8)15)13(18)17-12-10(14)6-3-7-16-12/h2-7H,1H3,(H,16,17,18). The minimum Gasteiger partial charge on any atom is -0.305 e. The Morgan fingerprint density at radius 2 is 2.00 bits per heavy atom. The van der Waals surface area contributed by atoms with Crippen LogP contribution in [0, 0.1) is 6.92 Å². The van der Waals surface area contributed by atoms with E-state index in [2.05, 4.69) is 10.3 Å². The molecule has 0 atom stereocenters. The lowest BCUT2D eigenvalue weighted by atomic mass is 10.1. The van der Waals surface area contributed by atoms with E-state index in [4.69, 9.17) is 23.2 Å². The number of nitrogens with one attached hydrogen (secondary N) is 1. The molecule has 1 aromatic heterocycles. The summed E-state index contributed by atoms with van der Waals surface area (Å²) in [5.74, 6) is -0.00830. The van der Waals surface area contributed by atoms with Crippen molar-refractivity contribution in [1.82, 2.24) is 4.98 Å². The van der Waals surface area contributed by atoms with E-state index in [9.17, 15) is 4.79 Å². The molecule has 0 bridgehead atoms. The highest BCUT2D eigenvalue weighted by Crippen LogP contribution is 2.23. The molecule has 92 valence electrons. The molecule has 0 saturated heterocycles. The maximum Gasteiger partial charge on any atom is 0.258 e. The van der Waals surface area contributed by atoms with Crippen molar-refractivity contribution in [1.29, 1.82) is 0 Å². The molecule has 18 heavy (non-hydrogen) atoms. The van der Waals surface area contributed by atoms with Crippen molar-refractivity contribution in [3.05, 3.63) is 57.7 Å². The van der Waals surface area contributed by atoms with Crippen LogP contribution in [0.5, 0.6) is 0 Å². The number of aromatic nitrogens is 1. The first-order chi connectivity index (χ1) is 8.59. The van der Waals surface area contributed by atoms with E-state index in [1.807, 2.05) is 13.0 Å². The minimum absolute atomic E-state index is 0.321. The van der Waals surface area contributed by atoms with Gasteiger partial charge in [-0.3, -0.25) is 4.79 Å². The van der Waals surface area contributed by atoms with Crippen molar-refractivity contribution in [2.75, 3.05) is 5.32 Å². The molecule has 0 radical (unpaired) electrons. The summed E-state index contributed by atoms with van der Waals surface area (Å²) >= 11 is 12.0. The number of carbonyl (C=O) groups excluding carboxylic acids is 1. The van der Waals surface area contributed by atoms with E-state index in [0.29, 0.717) is 21.4 Å². The molecule has 0 aliphatic rings. The van der Waals surface area contributed by atoms with Gasteiger partial charge in [-0.2, -0.15) is 0 Å². The predicted octanol–water partition coefficient (Wildman–Crippen LogP) is 3.95. The molecule has 1 N–H and O–H groups in total. The highest BCUT2D eigenvalue weighted by Gasteiger charge is 2.13. The summed E-state index contributed by atoms with van der Waals surface area (Å²) in [6, 6.07) is 8.62. The molecular formula is C13H10Cl2N2O. The number of hydrogen-bond acceptors (Lipinski definition) is 2. The maximum atomic E-state index is 12.0. The van der Waals surface area contributed by atoms with Crippen LogP contribution < -0.4 is 5.32 Å². The number of aryl methyl sites for hydroxylation is 1. The fourth-order valence-corrected chi connectivity index (χ4v) is 1.86. The van der Waals surface area contributed by atoms with Crippen LogP contribution in [0.2, 0.25) is 10.0 Å². The summed E-state index contributed by atoms with van der Waals surface area (Å²) in [6.07, 6.45) is 1.55. The number of nitrogens with zero attached hydrogens (tertiary/aromatic N) is 1. The van der Waals surface area contributed by atoms with Gasteiger partial charge in [0.15, 0.2) is 5.82 Å². The number of carbonyl (C=O) groups is 1. The van der Waals surface area contributed by atoms with E-state index >= 15 is 0 Å². The molecule has 1 heterocycles. The lowest BCUT2D eigenvalue weighted by Crippen LogP contribution is -2.14. The SMILES string of the molecule is Cc1cccc(C(=O)Nc2ncccc2Cl)c1Cl. The molecular weight excluding hydrogens is 271 g/mol. The number of pyridine rings is 1. The van der Waals surface area contributed by atoms with Gasteiger partial charge in [0.25, 0.3) is 5.91 Å². The number of benzene rings is 1. The number of halogens is 2. The molecule has 0 spiro atoms. The Balaban J connectivity index is 2.28. The molecule has 0 unspecified atom stereocenters. The molecule has 0 saturated carbocycles. The Morgan fingerprint density at radius 3 is 2.72 bits per heavy atom. The van der Waals surface area contributed by atoms with Gasteiger partial charge in [-0.1, -0.05) is 35.3 Å². The first-order valence-corrected chi connectivity index (χ1v) is 6.02. The van der Waals surface area contributed by atoms with E-state index in [1.165, 1.54) is 0 Å². The van der Waals surface area contributed by atoms with Crippen molar-refractivity contribution in [2.45, 2.75) is 6.92 Å². The zero-order valence-electron chi connectivity index (χ0n) is 9.58. The monoisotopic (exact) mass is 280 g/mol. The maximum absolute atomic E-state index is 12.0. The van der Waals surface area contributed by atoms with Crippen molar-refractivity contribution in [2.24, 2.45) is 0 Å². The van der Waals surface area contributed by atoms with Gasteiger partial charge in [0.1, 0.15) is 0 Å². The third-order valence-electron chi connectivity index (χ3n) is 2.43.